The van der Waals surface area contributed by atoms with Crippen molar-refractivity contribution < 1.29 is 13.2 Å². The lowest BCUT2D eigenvalue weighted by Crippen LogP contribution is -2.06. The van der Waals surface area contributed by atoms with Crippen molar-refractivity contribution in [3.63, 3.8) is 0 Å². The lowest BCUT2D eigenvalue weighted by Gasteiger charge is -2.10. The Labute approximate surface area is 121 Å². The molecule has 0 radical (unpaired) electrons. The molecule has 0 aliphatic rings. The van der Waals surface area contributed by atoms with Gasteiger partial charge in [-0.15, -0.1) is 0 Å². The third-order valence-corrected chi connectivity index (χ3v) is 2.86. The van der Waals surface area contributed by atoms with Crippen molar-refractivity contribution in [3.8, 4) is 11.4 Å². The van der Waals surface area contributed by atoms with Gasteiger partial charge in [-0.05, 0) is 24.5 Å². The van der Waals surface area contributed by atoms with E-state index in [4.69, 9.17) is 5.73 Å². The SMILES string of the molecule is CC(C)Cc1cc(N)nc(-c2cccc(C(F)(F)F)c2)n1. The topological polar surface area (TPSA) is 51.8 Å². The highest BCUT2D eigenvalue weighted by Gasteiger charge is 2.30. The quantitative estimate of drug-likeness (QED) is 0.933. The van der Waals surface area contributed by atoms with Crippen LogP contribution in [-0.2, 0) is 12.6 Å². The zero-order valence-corrected chi connectivity index (χ0v) is 11.8. The lowest BCUT2D eigenvalue weighted by molar-refractivity contribution is -0.137. The van der Waals surface area contributed by atoms with Gasteiger partial charge in [0.15, 0.2) is 5.82 Å². The Bertz CT molecular complexity index is 636. The van der Waals surface area contributed by atoms with Gasteiger partial charge >= 0.3 is 6.18 Å². The molecule has 0 fully saturated rings. The van der Waals surface area contributed by atoms with Crippen molar-refractivity contribution in [2.45, 2.75) is 26.4 Å². The molecule has 21 heavy (non-hydrogen) atoms. The highest BCUT2D eigenvalue weighted by atomic mass is 19.4. The summed E-state index contributed by atoms with van der Waals surface area (Å²) in [5.74, 6) is 0.846. The van der Waals surface area contributed by atoms with Crippen LogP contribution in [0.1, 0.15) is 25.1 Å². The van der Waals surface area contributed by atoms with E-state index in [1.54, 1.807) is 12.1 Å². The number of hydrogen-bond donors (Lipinski definition) is 1. The van der Waals surface area contributed by atoms with E-state index >= 15 is 0 Å². The monoisotopic (exact) mass is 295 g/mol. The number of aromatic nitrogens is 2. The average Bonchev–Trinajstić information content (AvgIpc) is 2.36. The zero-order valence-electron chi connectivity index (χ0n) is 11.8. The Kier molecular flexibility index (Phi) is 4.16. The third kappa shape index (κ3) is 3.93. The second kappa shape index (κ2) is 5.71. The maximum absolute atomic E-state index is 12.7. The summed E-state index contributed by atoms with van der Waals surface area (Å²) in [4.78, 5) is 8.34. The van der Waals surface area contributed by atoms with Crippen LogP contribution in [0.15, 0.2) is 30.3 Å². The van der Waals surface area contributed by atoms with Crippen LogP contribution >= 0.6 is 0 Å². The van der Waals surface area contributed by atoms with Gasteiger partial charge in [-0.2, -0.15) is 13.2 Å². The maximum Gasteiger partial charge on any atom is 0.416 e. The summed E-state index contributed by atoms with van der Waals surface area (Å²) in [6.07, 6.45) is -3.70. The normalized spacial score (nSPS) is 11.9. The van der Waals surface area contributed by atoms with E-state index in [1.807, 2.05) is 13.8 Å². The van der Waals surface area contributed by atoms with Gasteiger partial charge in [-0.1, -0.05) is 26.0 Å². The molecule has 0 saturated heterocycles. The molecule has 6 heteroatoms. The Balaban J connectivity index is 2.44. The predicted molar refractivity (Wildman–Crippen MR) is 75.4 cm³/mol. The predicted octanol–water partition coefficient (Wildman–Crippen LogP) is 3.94. The lowest BCUT2D eigenvalue weighted by atomic mass is 10.1. The molecule has 2 aromatic rings. The van der Waals surface area contributed by atoms with Gasteiger partial charge in [0, 0.05) is 17.3 Å². The number of anilines is 1. The minimum Gasteiger partial charge on any atom is -0.384 e. The zero-order chi connectivity index (χ0) is 15.6. The molecular weight excluding hydrogens is 279 g/mol. The van der Waals surface area contributed by atoms with Crippen LogP contribution in [0, 0.1) is 5.92 Å². The summed E-state index contributed by atoms with van der Waals surface area (Å²) in [5.41, 5.74) is 6.03. The van der Waals surface area contributed by atoms with Gasteiger partial charge in [0.05, 0.1) is 5.56 Å². The van der Waals surface area contributed by atoms with Crippen molar-refractivity contribution >= 4 is 5.82 Å². The molecule has 0 spiro atoms. The number of nitrogen functional groups attached to an aromatic ring is 1. The molecule has 1 aromatic carbocycles. The summed E-state index contributed by atoms with van der Waals surface area (Å²) in [7, 11) is 0. The van der Waals surface area contributed by atoms with E-state index in [2.05, 4.69) is 9.97 Å². The van der Waals surface area contributed by atoms with Gasteiger partial charge in [-0.3, -0.25) is 0 Å². The molecule has 0 aliphatic carbocycles. The summed E-state index contributed by atoms with van der Waals surface area (Å²) in [5, 5.41) is 0. The first-order valence-corrected chi connectivity index (χ1v) is 6.57. The molecule has 112 valence electrons. The second-order valence-electron chi connectivity index (χ2n) is 5.28. The average molecular weight is 295 g/mol. The van der Waals surface area contributed by atoms with Crippen LogP contribution in [-0.4, -0.2) is 9.97 Å². The first-order chi connectivity index (χ1) is 9.75. The number of nitrogens with zero attached hydrogens (tertiary/aromatic N) is 2. The number of benzene rings is 1. The van der Waals surface area contributed by atoms with Crippen LogP contribution in [0.3, 0.4) is 0 Å². The highest BCUT2D eigenvalue weighted by molar-refractivity contribution is 5.58. The third-order valence-electron chi connectivity index (χ3n) is 2.86. The molecule has 3 nitrogen and oxygen atoms in total. The van der Waals surface area contributed by atoms with E-state index in [9.17, 15) is 13.2 Å². The van der Waals surface area contributed by atoms with Gasteiger partial charge < -0.3 is 5.73 Å². The molecule has 0 bridgehead atoms. The smallest absolute Gasteiger partial charge is 0.384 e. The first kappa shape index (κ1) is 15.3. The Morgan fingerprint density at radius 3 is 2.48 bits per heavy atom. The van der Waals surface area contributed by atoms with Crippen molar-refractivity contribution in [1.29, 1.82) is 0 Å². The fourth-order valence-corrected chi connectivity index (χ4v) is 2.01. The Morgan fingerprint density at radius 1 is 1.14 bits per heavy atom. The van der Waals surface area contributed by atoms with Crippen LogP contribution in [0.5, 0.6) is 0 Å². The molecule has 0 saturated carbocycles. The van der Waals surface area contributed by atoms with Gasteiger partial charge in [0.2, 0.25) is 0 Å². The minimum atomic E-state index is -4.39. The molecular formula is C15H16F3N3. The Hall–Kier alpha value is -2.11. The molecule has 1 aromatic heterocycles. The van der Waals surface area contributed by atoms with E-state index in [0.717, 1.165) is 17.8 Å². The molecule has 0 amide bonds. The maximum atomic E-state index is 12.7. The Morgan fingerprint density at radius 2 is 1.86 bits per heavy atom. The van der Waals surface area contributed by atoms with Gasteiger partial charge in [0.1, 0.15) is 5.82 Å². The molecule has 0 unspecified atom stereocenters. The van der Waals surface area contributed by atoms with Crippen LogP contribution in [0.4, 0.5) is 19.0 Å². The van der Waals surface area contributed by atoms with Crippen molar-refractivity contribution in [2.75, 3.05) is 5.73 Å². The number of rotatable bonds is 3. The standard InChI is InChI=1S/C15H16F3N3/c1-9(2)6-12-8-13(19)21-14(20-12)10-4-3-5-11(7-10)15(16,17)18/h3-5,7-9H,6H2,1-2H3,(H2,19,20,21). The van der Waals surface area contributed by atoms with Crippen LogP contribution in [0.2, 0.25) is 0 Å². The van der Waals surface area contributed by atoms with E-state index in [1.165, 1.54) is 6.07 Å². The molecule has 0 atom stereocenters. The summed E-state index contributed by atoms with van der Waals surface area (Å²) < 4.78 is 38.2. The highest BCUT2D eigenvalue weighted by Crippen LogP contribution is 2.31. The molecule has 2 N–H and O–H groups in total. The van der Waals surface area contributed by atoms with Crippen molar-refractivity contribution in [1.82, 2.24) is 9.97 Å². The molecule has 1 heterocycles. The van der Waals surface area contributed by atoms with E-state index in [0.29, 0.717) is 17.9 Å². The number of halogens is 3. The largest absolute Gasteiger partial charge is 0.416 e. The first-order valence-electron chi connectivity index (χ1n) is 6.57. The van der Waals surface area contributed by atoms with Crippen molar-refractivity contribution in [3.05, 3.63) is 41.6 Å². The van der Waals surface area contributed by atoms with E-state index in [-0.39, 0.29) is 11.6 Å². The fourth-order valence-electron chi connectivity index (χ4n) is 2.01. The van der Waals surface area contributed by atoms with Crippen LogP contribution in [0.25, 0.3) is 11.4 Å². The van der Waals surface area contributed by atoms with Crippen LogP contribution < -0.4 is 5.73 Å². The minimum absolute atomic E-state index is 0.219. The fraction of sp³-hybridized carbons (Fsp3) is 0.333. The van der Waals surface area contributed by atoms with Crippen molar-refractivity contribution in [2.24, 2.45) is 5.92 Å². The van der Waals surface area contributed by atoms with Gasteiger partial charge in [-0.25, -0.2) is 9.97 Å². The number of alkyl halides is 3. The summed E-state index contributed by atoms with van der Waals surface area (Å²) >= 11 is 0. The molecule has 2 rings (SSSR count). The summed E-state index contributed by atoms with van der Waals surface area (Å²) in [6.45, 7) is 4.06. The second-order valence-corrected chi connectivity index (χ2v) is 5.28. The van der Waals surface area contributed by atoms with Gasteiger partial charge in [0.25, 0.3) is 0 Å². The summed E-state index contributed by atoms with van der Waals surface area (Å²) in [6, 6.07) is 6.59. The molecule has 0 aliphatic heterocycles. The number of hydrogen-bond acceptors (Lipinski definition) is 3. The number of nitrogens with two attached hydrogens (primary N) is 1. The van der Waals surface area contributed by atoms with E-state index < -0.39 is 11.7 Å².